The van der Waals surface area contributed by atoms with Crippen molar-refractivity contribution in [2.24, 2.45) is 0 Å². The van der Waals surface area contributed by atoms with Crippen molar-refractivity contribution in [1.82, 2.24) is 5.32 Å². The molecule has 5 heteroatoms. The zero-order valence-corrected chi connectivity index (χ0v) is 12.0. The minimum atomic E-state index is -0.151. The summed E-state index contributed by atoms with van der Waals surface area (Å²) in [6, 6.07) is 9.50. The molecule has 1 aromatic carbocycles. The molecule has 2 aromatic rings. The first kappa shape index (κ1) is 13.5. The van der Waals surface area contributed by atoms with Gasteiger partial charge in [0.2, 0.25) is 0 Å². The van der Waals surface area contributed by atoms with Crippen LogP contribution in [0.2, 0.25) is 0 Å². The van der Waals surface area contributed by atoms with E-state index in [0.29, 0.717) is 18.1 Å². The molecule has 4 nitrogen and oxygen atoms in total. The topological polar surface area (TPSA) is 47.6 Å². The van der Waals surface area contributed by atoms with Gasteiger partial charge in [0.05, 0.1) is 11.4 Å². The number of nitrogens with one attached hydrogen (secondary N) is 1. The summed E-state index contributed by atoms with van der Waals surface area (Å²) in [5.41, 5.74) is 1.00. The molecule has 1 aliphatic heterocycles. The van der Waals surface area contributed by atoms with E-state index in [2.05, 4.69) is 11.2 Å². The number of rotatable bonds is 3. The molecular formula is C16H13NO3S. The van der Waals surface area contributed by atoms with Gasteiger partial charge in [0.25, 0.3) is 5.91 Å². The molecule has 0 spiro atoms. The third-order valence-corrected chi connectivity index (χ3v) is 4.14. The maximum atomic E-state index is 11.8. The van der Waals surface area contributed by atoms with Crippen LogP contribution < -0.4 is 14.8 Å². The highest BCUT2D eigenvalue weighted by atomic mass is 32.1. The van der Waals surface area contributed by atoms with Crippen LogP contribution in [0.4, 0.5) is 0 Å². The summed E-state index contributed by atoms with van der Waals surface area (Å²) in [7, 11) is 0. The third kappa shape index (κ3) is 2.86. The van der Waals surface area contributed by atoms with Gasteiger partial charge in [0.15, 0.2) is 11.5 Å². The summed E-state index contributed by atoms with van der Waals surface area (Å²) in [6.45, 7) is 1.36. The standard InChI is InChI=1S/C16H13NO3S/c1-2-7-17-16(18)15-6-5-14(21-15)11-3-4-12-13(10-11)20-9-8-19-12/h1,3-6,10H,7-9H2,(H,17,18). The van der Waals surface area contributed by atoms with E-state index in [4.69, 9.17) is 15.9 Å². The second-order valence-corrected chi connectivity index (χ2v) is 5.49. The first-order valence-electron chi connectivity index (χ1n) is 6.49. The number of carbonyl (C=O) groups excluding carboxylic acids is 1. The largest absolute Gasteiger partial charge is 0.486 e. The Kier molecular flexibility index (Phi) is 3.80. The van der Waals surface area contributed by atoms with Crippen LogP contribution in [0.1, 0.15) is 9.67 Å². The molecule has 3 rings (SSSR count). The number of thiophene rings is 1. The molecule has 0 fully saturated rings. The van der Waals surface area contributed by atoms with Crippen molar-refractivity contribution in [3.05, 3.63) is 35.2 Å². The predicted octanol–water partition coefficient (Wildman–Crippen LogP) is 2.55. The second-order valence-electron chi connectivity index (χ2n) is 4.41. The number of amides is 1. The van der Waals surface area contributed by atoms with Crippen molar-refractivity contribution in [1.29, 1.82) is 0 Å². The van der Waals surface area contributed by atoms with Gasteiger partial charge in [-0.05, 0) is 35.9 Å². The molecule has 0 saturated heterocycles. The predicted molar refractivity (Wildman–Crippen MR) is 81.9 cm³/mol. The lowest BCUT2D eigenvalue weighted by atomic mass is 10.1. The van der Waals surface area contributed by atoms with E-state index in [1.807, 2.05) is 24.3 Å². The van der Waals surface area contributed by atoms with Gasteiger partial charge in [-0.1, -0.05) is 5.92 Å². The first-order chi connectivity index (χ1) is 10.3. The van der Waals surface area contributed by atoms with E-state index in [-0.39, 0.29) is 12.5 Å². The summed E-state index contributed by atoms with van der Waals surface area (Å²) in [6.07, 6.45) is 5.13. The highest BCUT2D eigenvalue weighted by Crippen LogP contribution is 2.36. The van der Waals surface area contributed by atoms with Gasteiger partial charge in [-0.25, -0.2) is 0 Å². The summed E-state index contributed by atoms with van der Waals surface area (Å²) in [5.74, 6) is 3.73. The van der Waals surface area contributed by atoms with Gasteiger partial charge in [-0.2, -0.15) is 0 Å². The Morgan fingerprint density at radius 3 is 2.86 bits per heavy atom. The lowest BCUT2D eigenvalue weighted by Gasteiger charge is -2.18. The van der Waals surface area contributed by atoms with Crippen molar-refractivity contribution in [2.75, 3.05) is 19.8 Å². The summed E-state index contributed by atoms with van der Waals surface area (Å²) < 4.78 is 11.1. The molecule has 0 saturated carbocycles. The minimum absolute atomic E-state index is 0.151. The van der Waals surface area contributed by atoms with Gasteiger partial charge in [-0.3, -0.25) is 4.79 Å². The van der Waals surface area contributed by atoms with Crippen molar-refractivity contribution in [3.8, 4) is 34.3 Å². The van der Waals surface area contributed by atoms with Crippen molar-refractivity contribution < 1.29 is 14.3 Å². The molecule has 0 radical (unpaired) electrons. The molecular weight excluding hydrogens is 286 g/mol. The number of fused-ring (bicyclic) bond motifs is 1. The molecule has 106 valence electrons. The van der Waals surface area contributed by atoms with E-state index >= 15 is 0 Å². The zero-order valence-electron chi connectivity index (χ0n) is 11.2. The second kappa shape index (κ2) is 5.90. The lowest BCUT2D eigenvalue weighted by molar-refractivity contribution is 0.0962. The van der Waals surface area contributed by atoms with Crippen LogP contribution >= 0.6 is 11.3 Å². The Morgan fingerprint density at radius 2 is 2.05 bits per heavy atom. The highest BCUT2D eigenvalue weighted by Gasteiger charge is 2.14. The van der Waals surface area contributed by atoms with Gasteiger partial charge in [-0.15, -0.1) is 17.8 Å². The Bertz CT molecular complexity index is 715. The highest BCUT2D eigenvalue weighted by molar-refractivity contribution is 7.17. The SMILES string of the molecule is C#CCNC(=O)c1ccc(-c2ccc3c(c2)OCCO3)s1. The normalized spacial score (nSPS) is 12.5. The molecule has 2 heterocycles. The molecule has 0 aliphatic carbocycles. The van der Waals surface area contributed by atoms with Crippen LogP contribution in [0.15, 0.2) is 30.3 Å². The van der Waals surface area contributed by atoms with E-state index in [0.717, 1.165) is 21.9 Å². The van der Waals surface area contributed by atoms with Crippen molar-refractivity contribution >= 4 is 17.2 Å². The van der Waals surface area contributed by atoms with Crippen LogP contribution in [-0.2, 0) is 0 Å². The third-order valence-electron chi connectivity index (χ3n) is 3.01. The lowest BCUT2D eigenvalue weighted by Crippen LogP contribution is -2.22. The number of hydrogen-bond donors (Lipinski definition) is 1. The summed E-state index contributed by atoms with van der Waals surface area (Å²) in [4.78, 5) is 13.5. The first-order valence-corrected chi connectivity index (χ1v) is 7.31. The average molecular weight is 299 g/mol. The van der Waals surface area contributed by atoms with Gasteiger partial charge in [0, 0.05) is 4.88 Å². The Balaban J connectivity index is 1.83. The average Bonchev–Trinajstić information content (AvgIpc) is 3.02. The zero-order chi connectivity index (χ0) is 14.7. The van der Waals surface area contributed by atoms with E-state index in [1.54, 1.807) is 6.07 Å². The maximum Gasteiger partial charge on any atom is 0.262 e. The molecule has 21 heavy (non-hydrogen) atoms. The Labute approximate surface area is 126 Å². The fraction of sp³-hybridized carbons (Fsp3) is 0.188. The van der Waals surface area contributed by atoms with Gasteiger partial charge in [0.1, 0.15) is 13.2 Å². The molecule has 1 amide bonds. The molecule has 0 atom stereocenters. The number of hydrogen-bond acceptors (Lipinski definition) is 4. The monoisotopic (exact) mass is 299 g/mol. The van der Waals surface area contributed by atoms with Crippen LogP contribution in [0, 0.1) is 12.3 Å². The number of carbonyl (C=O) groups is 1. The van der Waals surface area contributed by atoms with Crippen LogP contribution in [0.25, 0.3) is 10.4 Å². The van der Waals surface area contributed by atoms with Crippen LogP contribution in [0.3, 0.4) is 0 Å². The maximum absolute atomic E-state index is 11.8. The number of ether oxygens (including phenoxy) is 2. The Morgan fingerprint density at radius 1 is 1.24 bits per heavy atom. The summed E-state index contributed by atoms with van der Waals surface area (Å²) >= 11 is 1.42. The van der Waals surface area contributed by atoms with Crippen LogP contribution in [-0.4, -0.2) is 25.7 Å². The fourth-order valence-electron chi connectivity index (χ4n) is 2.03. The van der Waals surface area contributed by atoms with E-state index in [9.17, 15) is 4.79 Å². The van der Waals surface area contributed by atoms with E-state index < -0.39 is 0 Å². The quantitative estimate of drug-likeness (QED) is 0.886. The minimum Gasteiger partial charge on any atom is -0.486 e. The smallest absolute Gasteiger partial charge is 0.262 e. The number of benzene rings is 1. The molecule has 0 bridgehead atoms. The van der Waals surface area contributed by atoms with Crippen molar-refractivity contribution in [3.63, 3.8) is 0 Å². The van der Waals surface area contributed by atoms with Gasteiger partial charge < -0.3 is 14.8 Å². The number of terminal acetylenes is 1. The van der Waals surface area contributed by atoms with Crippen molar-refractivity contribution in [2.45, 2.75) is 0 Å². The van der Waals surface area contributed by atoms with E-state index in [1.165, 1.54) is 11.3 Å². The molecule has 1 N–H and O–H groups in total. The molecule has 1 aliphatic rings. The van der Waals surface area contributed by atoms with Crippen LogP contribution in [0.5, 0.6) is 11.5 Å². The summed E-state index contributed by atoms with van der Waals surface area (Å²) in [5, 5.41) is 2.65. The Hall–Kier alpha value is -2.45. The molecule has 0 unspecified atom stereocenters. The van der Waals surface area contributed by atoms with Gasteiger partial charge >= 0.3 is 0 Å². The fourth-order valence-corrected chi connectivity index (χ4v) is 2.95. The molecule has 1 aromatic heterocycles.